The molecular formula is C14H19N5O. The number of aromatic nitrogens is 3. The molecule has 2 atom stereocenters. The molecule has 2 heterocycles. The Morgan fingerprint density at radius 2 is 2.15 bits per heavy atom. The Labute approximate surface area is 117 Å². The van der Waals surface area contributed by atoms with E-state index in [2.05, 4.69) is 15.4 Å². The Hall–Kier alpha value is -1.95. The fourth-order valence-corrected chi connectivity index (χ4v) is 2.77. The topological polar surface area (TPSA) is 85.3 Å². The van der Waals surface area contributed by atoms with Gasteiger partial charge in [-0.1, -0.05) is 19.3 Å². The van der Waals surface area contributed by atoms with Crippen molar-refractivity contribution in [2.45, 2.75) is 44.2 Å². The molecule has 0 spiro atoms. The number of nitrogens with zero attached hydrogens (tertiary/aromatic N) is 3. The molecular weight excluding hydrogens is 254 g/mol. The third-order valence-electron chi connectivity index (χ3n) is 3.96. The number of nitrogens with one attached hydrogen (secondary N) is 1. The molecule has 1 amide bonds. The highest BCUT2D eigenvalue weighted by molar-refractivity contribution is 6.00. The summed E-state index contributed by atoms with van der Waals surface area (Å²) < 4.78 is 1.65. The second kappa shape index (κ2) is 5.58. The van der Waals surface area contributed by atoms with Crippen LogP contribution in [0, 0.1) is 0 Å². The molecule has 1 aliphatic rings. The molecule has 106 valence electrons. The van der Waals surface area contributed by atoms with Crippen molar-refractivity contribution in [1.29, 1.82) is 0 Å². The number of amides is 1. The van der Waals surface area contributed by atoms with Crippen molar-refractivity contribution < 1.29 is 4.79 Å². The number of hydrogen-bond acceptors (Lipinski definition) is 4. The van der Waals surface area contributed by atoms with Crippen LogP contribution in [-0.4, -0.2) is 32.6 Å². The van der Waals surface area contributed by atoms with Crippen LogP contribution in [0.4, 0.5) is 0 Å². The summed E-state index contributed by atoms with van der Waals surface area (Å²) in [6.45, 7) is 0. The van der Waals surface area contributed by atoms with Gasteiger partial charge in [0.1, 0.15) is 0 Å². The van der Waals surface area contributed by atoms with E-state index in [0.29, 0.717) is 11.1 Å². The molecule has 6 heteroatoms. The molecule has 0 aliphatic heterocycles. The minimum Gasteiger partial charge on any atom is -0.348 e. The first-order valence-electron chi connectivity index (χ1n) is 7.09. The van der Waals surface area contributed by atoms with E-state index >= 15 is 0 Å². The van der Waals surface area contributed by atoms with Gasteiger partial charge in [-0.3, -0.25) is 9.78 Å². The average molecular weight is 273 g/mol. The Balaban J connectivity index is 1.78. The van der Waals surface area contributed by atoms with E-state index in [1.165, 1.54) is 6.42 Å². The summed E-state index contributed by atoms with van der Waals surface area (Å²) in [5.41, 5.74) is 7.41. The molecule has 0 bridgehead atoms. The minimum atomic E-state index is -0.115. The van der Waals surface area contributed by atoms with E-state index in [-0.39, 0.29) is 18.0 Å². The van der Waals surface area contributed by atoms with Crippen molar-refractivity contribution in [3.8, 4) is 0 Å². The van der Waals surface area contributed by atoms with Gasteiger partial charge in [0.25, 0.3) is 5.91 Å². The summed E-state index contributed by atoms with van der Waals surface area (Å²) in [7, 11) is 0. The lowest BCUT2D eigenvalue weighted by atomic mass is 10.0. The van der Waals surface area contributed by atoms with E-state index in [9.17, 15) is 4.79 Å². The molecule has 6 nitrogen and oxygen atoms in total. The second-order valence-corrected chi connectivity index (χ2v) is 5.35. The molecule has 3 N–H and O–H groups in total. The number of hydrogen-bond donors (Lipinski definition) is 2. The zero-order chi connectivity index (χ0) is 13.9. The van der Waals surface area contributed by atoms with Crippen LogP contribution >= 0.6 is 0 Å². The number of carbonyl (C=O) groups is 1. The molecule has 1 saturated carbocycles. The Morgan fingerprint density at radius 1 is 1.30 bits per heavy atom. The highest BCUT2D eigenvalue weighted by Gasteiger charge is 2.23. The van der Waals surface area contributed by atoms with Gasteiger partial charge in [-0.2, -0.15) is 5.10 Å². The van der Waals surface area contributed by atoms with Crippen molar-refractivity contribution in [3.63, 3.8) is 0 Å². The normalized spacial score (nSPS) is 23.4. The predicted molar refractivity (Wildman–Crippen MR) is 75.3 cm³/mol. The summed E-state index contributed by atoms with van der Waals surface area (Å²) in [6.07, 6.45) is 12.0. The minimum absolute atomic E-state index is 0.0430. The molecule has 2 unspecified atom stereocenters. The van der Waals surface area contributed by atoms with Gasteiger partial charge in [-0.15, -0.1) is 0 Å². The van der Waals surface area contributed by atoms with E-state index in [1.54, 1.807) is 29.3 Å². The number of rotatable bonds is 2. The molecule has 3 rings (SSSR count). The van der Waals surface area contributed by atoms with Crippen molar-refractivity contribution in [2.75, 3.05) is 0 Å². The van der Waals surface area contributed by atoms with E-state index in [0.717, 1.165) is 25.7 Å². The lowest BCUT2D eigenvalue weighted by molar-refractivity contribution is 0.0930. The van der Waals surface area contributed by atoms with Gasteiger partial charge < -0.3 is 11.1 Å². The summed E-state index contributed by atoms with van der Waals surface area (Å²) >= 11 is 0. The van der Waals surface area contributed by atoms with Crippen molar-refractivity contribution in [2.24, 2.45) is 5.73 Å². The van der Waals surface area contributed by atoms with Crippen LogP contribution in [-0.2, 0) is 0 Å². The predicted octanol–water partition coefficient (Wildman–Crippen LogP) is 1.12. The molecule has 0 saturated heterocycles. The van der Waals surface area contributed by atoms with Gasteiger partial charge in [0.15, 0.2) is 0 Å². The zero-order valence-electron chi connectivity index (χ0n) is 11.3. The zero-order valence-corrected chi connectivity index (χ0v) is 11.3. The average Bonchev–Trinajstić information content (AvgIpc) is 2.79. The van der Waals surface area contributed by atoms with E-state index < -0.39 is 0 Å². The standard InChI is InChI=1S/C14H19N5O/c15-11-4-2-1-3-5-12(11)18-14(20)10-8-17-19-7-6-16-9-13(10)19/h6-9,11-12H,1-5,15H2,(H,18,20). The number of nitrogens with two attached hydrogens (primary N) is 1. The third kappa shape index (κ3) is 2.51. The molecule has 0 aromatic carbocycles. The maximum Gasteiger partial charge on any atom is 0.255 e. The number of carbonyl (C=O) groups excluding carboxylic acids is 1. The molecule has 0 radical (unpaired) electrons. The Morgan fingerprint density at radius 3 is 3.05 bits per heavy atom. The fraction of sp³-hybridized carbons (Fsp3) is 0.500. The lowest BCUT2D eigenvalue weighted by Gasteiger charge is -2.22. The van der Waals surface area contributed by atoms with Crippen LogP contribution in [0.25, 0.3) is 5.52 Å². The SMILES string of the molecule is NC1CCCCCC1NC(=O)c1cnn2ccncc12. The Kier molecular flexibility index (Phi) is 3.64. The first kappa shape index (κ1) is 13.1. The summed E-state index contributed by atoms with van der Waals surface area (Å²) in [4.78, 5) is 16.4. The second-order valence-electron chi connectivity index (χ2n) is 5.35. The maximum absolute atomic E-state index is 12.4. The van der Waals surface area contributed by atoms with Crippen LogP contribution in [0.5, 0.6) is 0 Å². The summed E-state index contributed by atoms with van der Waals surface area (Å²) in [5, 5.41) is 7.21. The van der Waals surface area contributed by atoms with Gasteiger partial charge in [0, 0.05) is 24.5 Å². The maximum atomic E-state index is 12.4. The fourth-order valence-electron chi connectivity index (χ4n) is 2.77. The van der Waals surface area contributed by atoms with Crippen LogP contribution in [0.1, 0.15) is 42.5 Å². The third-order valence-corrected chi connectivity index (χ3v) is 3.96. The van der Waals surface area contributed by atoms with Crippen LogP contribution in [0.15, 0.2) is 24.8 Å². The summed E-state index contributed by atoms with van der Waals surface area (Å²) in [5.74, 6) is -0.115. The monoisotopic (exact) mass is 273 g/mol. The van der Waals surface area contributed by atoms with Crippen LogP contribution < -0.4 is 11.1 Å². The molecule has 1 aliphatic carbocycles. The quantitative estimate of drug-likeness (QED) is 0.803. The first-order chi connectivity index (χ1) is 9.75. The van der Waals surface area contributed by atoms with Gasteiger partial charge in [0.05, 0.1) is 23.5 Å². The smallest absolute Gasteiger partial charge is 0.255 e. The van der Waals surface area contributed by atoms with Gasteiger partial charge >= 0.3 is 0 Å². The van der Waals surface area contributed by atoms with Gasteiger partial charge in [0.2, 0.25) is 0 Å². The molecule has 1 fully saturated rings. The number of fused-ring (bicyclic) bond motifs is 1. The van der Waals surface area contributed by atoms with Gasteiger partial charge in [-0.05, 0) is 12.8 Å². The largest absolute Gasteiger partial charge is 0.348 e. The molecule has 20 heavy (non-hydrogen) atoms. The Bertz CT molecular complexity index is 608. The highest BCUT2D eigenvalue weighted by atomic mass is 16.1. The van der Waals surface area contributed by atoms with Crippen molar-refractivity contribution >= 4 is 11.4 Å². The first-order valence-corrected chi connectivity index (χ1v) is 7.09. The molecule has 2 aromatic heterocycles. The van der Waals surface area contributed by atoms with E-state index in [1.807, 2.05) is 0 Å². The lowest BCUT2D eigenvalue weighted by Crippen LogP contribution is -2.46. The van der Waals surface area contributed by atoms with Gasteiger partial charge in [-0.25, -0.2) is 4.52 Å². The van der Waals surface area contributed by atoms with Crippen molar-refractivity contribution in [3.05, 3.63) is 30.4 Å². The highest BCUT2D eigenvalue weighted by Crippen LogP contribution is 2.17. The molecule has 2 aromatic rings. The van der Waals surface area contributed by atoms with E-state index in [4.69, 9.17) is 5.73 Å². The van der Waals surface area contributed by atoms with Crippen LogP contribution in [0.3, 0.4) is 0 Å². The van der Waals surface area contributed by atoms with Crippen LogP contribution in [0.2, 0.25) is 0 Å². The summed E-state index contributed by atoms with van der Waals surface area (Å²) in [6, 6.07) is 0.0954. The van der Waals surface area contributed by atoms with Crippen molar-refractivity contribution in [1.82, 2.24) is 19.9 Å².